The molecule has 19 heavy (non-hydrogen) atoms. The Labute approximate surface area is 120 Å². The fourth-order valence-electron chi connectivity index (χ4n) is 2.27. The van der Waals surface area contributed by atoms with Gasteiger partial charge >= 0.3 is 0 Å². The third-order valence-electron chi connectivity index (χ3n) is 3.16. The molecule has 3 aromatic rings. The predicted octanol–water partition coefficient (Wildman–Crippen LogP) is 3.41. The molecule has 2 nitrogen and oxygen atoms in total. The average molecular weight is 314 g/mol. The van der Waals surface area contributed by atoms with Gasteiger partial charge in [0.1, 0.15) is 5.69 Å². The first-order valence-corrected chi connectivity index (χ1v) is 7.01. The van der Waals surface area contributed by atoms with Crippen molar-refractivity contribution in [3.05, 3.63) is 70.5 Å². The molecule has 0 amide bonds. The van der Waals surface area contributed by atoms with Crippen molar-refractivity contribution in [3.63, 3.8) is 0 Å². The molecule has 1 heterocycles. The number of nitrogens with zero attached hydrogens (tertiary/aromatic N) is 2. The molecule has 0 aliphatic rings. The van der Waals surface area contributed by atoms with Crippen LogP contribution in [0.25, 0.3) is 10.8 Å². The lowest BCUT2D eigenvalue weighted by molar-refractivity contribution is -0.730. The molecule has 94 valence electrons. The Hall–Kier alpha value is -1.74. The van der Waals surface area contributed by atoms with Gasteiger partial charge < -0.3 is 0 Å². The van der Waals surface area contributed by atoms with Crippen LogP contribution in [0.2, 0.25) is 0 Å². The Balaban J connectivity index is 2.07. The molecule has 0 bridgehead atoms. The summed E-state index contributed by atoms with van der Waals surface area (Å²) in [4.78, 5) is 0. The highest BCUT2D eigenvalue weighted by Gasteiger charge is 2.09. The van der Waals surface area contributed by atoms with Gasteiger partial charge in [-0.1, -0.05) is 50.9 Å². The van der Waals surface area contributed by atoms with E-state index >= 15 is 0 Å². The molecule has 0 radical (unpaired) electrons. The van der Waals surface area contributed by atoms with Gasteiger partial charge in [-0.2, -0.15) is 0 Å². The van der Waals surface area contributed by atoms with Crippen molar-refractivity contribution in [2.75, 3.05) is 0 Å². The fraction of sp³-hybridized carbons (Fsp3) is 0.125. The van der Waals surface area contributed by atoms with Gasteiger partial charge in [0.05, 0.1) is 0 Å². The fourth-order valence-corrected chi connectivity index (χ4v) is 2.54. The summed E-state index contributed by atoms with van der Waals surface area (Å²) in [5.41, 5.74) is 2.38. The molecule has 0 saturated carbocycles. The van der Waals surface area contributed by atoms with E-state index in [1.54, 1.807) is 0 Å². The number of hydrogen-bond donors (Lipinski definition) is 0. The first-order valence-electron chi connectivity index (χ1n) is 6.21. The lowest BCUT2D eigenvalue weighted by atomic mass is 10.0. The van der Waals surface area contributed by atoms with Crippen LogP contribution < -0.4 is 4.68 Å². The Kier molecular flexibility index (Phi) is 3.30. The number of aryl methyl sites for hydroxylation is 1. The van der Waals surface area contributed by atoms with E-state index in [0.29, 0.717) is 0 Å². The number of hydrogen-bond acceptors (Lipinski definition) is 1. The van der Waals surface area contributed by atoms with E-state index in [1.807, 2.05) is 11.7 Å². The van der Waals surface area contributed by atoms with Crippen LogP contribution in [0, 0.1) is 0 Å². The monoisotopic (exact) mass is 313 g/mol. The standard InChI is InChI=1S/C16H14BrN2/c1-19-11-13-4-2-3-5-15(13)16(18-19)10-12-6-8-14(17)9-7-12/h2-9,11H,10H2,1H3/q+1. The lowest BCUT2D eigenvalue weighted by Gasteiger charge is -2.03. The number of halogens is 1. The Morgan fingerprint density at radius 1 is 1.05 bits per heavy atom. The van der Waals surface area contributed by atoms with Crippen molar-refractivity contribution in [3.8, 4) is 0 Å². The van der Waals surface area contributed by atoms with Crippen LogP contribution in [0.5, 0.6) is 0 Å². The van der Waals surface area contributed by atoms with Crippen LogP contribution in [-0.4, -0.2) is 5.10 Å². The van der Waals surface area contributed by atoms with Crippen molar-refractivity contribution in [1.29, 1.82) is 0 Å². The molecular formula is C16H14BrN2+. The van der Waals surface area contributed by atoms with E-state index in [0.717, 1.165) is 16.6 Å². The molecule has 2 aromatic carbocycles. The van der Waals surface area contributed by atoms with E-state index in [9.17, 15) is 0 Å². The van der Waals surface area contributed by atoms with Crippen LogP contribution in [-0.2, 0) is 13.5 Å². The summed E-state index contributed by atoms with van der Waals surface area (Å²) in [6.45, 7) is 0. The van der Waals surface area contributed by atoms with Crippen molar-refractivity contribution in [2.45, 2.75) is 6.42 Å². The molecule has 1 aromatic heterocycles. The van der Waals surface area contributed by atoms with Crippen LogP contribution >= 0.6 is 15.9 Å². The van der Waals surface area contributed by atoms with Gasteiger partial charge in [-0.05, 0) is 28.9 Å². The summed E-state index contributed by atoms with van der Waals surface area (Å²) in [6, 6.07) is 16.8. The molecule has 0 fully saturated rings. The lowest BCUT2D eigenvalue weighted by Crippen LogP contribution is -2.33. The van der Waals surface area contributed by atoms with Crippen molar-refractivity contribution < 1.29 is 4.68 Å². The minimum Gasteiger partial charge on any atom is -0.0931 e. The summed E-state index contributed by atoms with van der Waals surface area (Å²) in [5.74, 6) is 0. The Morgan fingerprint density at radius 2 is 1.79 bits per heavy atom. The zero-order valence-electron chi connectivity index (χ0n) is 10.7. The molecule has 3 rings (SSSR count). The van der Waals surface area contributed by atoms with E-state index in [-0.39, 0.29) is 0 Å². The van der Waals surface area contributed by atoms with E-state index in [1.165, 1.54) is 16.3 Å². The first-order chi connectivity index (χ1) is 9.22. The van der Waals surface area contributed by atoms with Crippen molar-refractivity contribution in [2.24, 2.45) is 7.05 Å². The summed E-state index contributed by atoms with van der Waals surface area (Å²) < 4.78 is 2.99. The predicted molar refractivity (Wildman–Crippen MR) is 79.9 cm³/mol. The summed E-state index contributed by atoms with van der Waals surface area (Å²) in [7, 11) is 1.97. The molecule has 0 spiro atoms. The highest BCUT2D eigenvalue weighted by Crippen LogP contribution is 2.18. The molecule has 0 N–H and O–H groups in total. The zero-order valence-corrected chi connectivity index (χ0v) is 12.3. The van der Waals surface area contributed by atoms with E-state index in [2.05, 4.69) is 75.8 Å². The maximum Gasteiger partial charge on any atom is 0.203 e. The van der Waals surface area contributed by atoms with Crippen LogP contribution in [0.3, 0.4) is 0 Å². The van der Waals surface area contributed by atoms with Gasteiger partial charge in [-0.15, -0.1) is 0 Å². The Morgan fingerprint density at radius 3 is 2.58 bits per heavy atom. The molecule has 0 saturated heterocycles. The quantitative estimate of drug-likeness (QED) is 0.662. The minimum atomic E-state index is 0.850. The molecule has 0 unspecified atom stereocenters. The molecule has 0 aliphatic carbocycles. The van der Waals surface area contributed by atoms with Gasteiger partial charge in [0.2, 0.25) is 6.20 Å². The van der Waals surface area contributed by atoms with Crippen LogP contribution in [0.15, 0.2) is 59.2 Å². The van der Waals surface area contributed by atoms with Gasteiger partial charge in [0.25, 0.3) is 0 Å². The number of benzene rings is 2. The summed E-state index contributed by atoms with van der Waals surface area (Å²) in [5, 5.41) is 7.08. The molecule has 0 aliphatic heterocycles. The molecule has 0 atom stereocenters. The third-order valence-corrected chi connectivity index (χ3v) is 3.69. The molecular weight excluding hydrogens is 300 g/mol. The van der Waals surface area contributed by atoms with E-state index < -0.39 is 0 Å². The van der Waals surface area contributed by atoms with Crippen molar-refractivity contribution >= 4 is 26.7 Å². The smallest absolute Gasteiger partial charge is 0.0931 e. The van der Waals surface area contributed by atoms with Gasteiger partial charge in [-0.25, -0.2) is 0 Å². The maximum absolute atomic E-state index is 4.62. The third kappa shape index (κ3) is 2.66. The second kappa shape index (κ2) is 5.10. The van der Waals surface area contributed by atoms with E-state index in [4.69, 9.17) is 0 Å². The molecule has 3 heteroatoms. The van der Waals surface area contributed by atoms with Gasteiger partial charge in [-0.3, -0.25) is 0 Å². The van der Waals surface area contributed by atoms with Crippen molar-refractivity contribution in [1.82, 2.24) is 5.10 Å². The van der Waals surface area contributed by atoms with Crippen LogP contribution in [0.4, 0.5) is 0 Å². The number of aromatic nitrogens is 2. The maximum atomic E-state index is 4.62. The second-order valence-corrected chi connectivity index (χ2v) is 5.56. The van der Waals surface area contributed by atoms with Gasteiger partial charge in [0.15, 0.2) is 7.05 Å². The highest BCUT2D eigenvalue weighted by atomic mass is 79.9. The normalized spacial score (nSPS) is 10.8. The highest BCUT2D eigenvalue weighted by molar-refractivity contribution is 9.10. The summed E-state index contributed by atoms with van der Waals surface area (Å²) >= 11 is 3.46. The number of fused-ring (bicyclic) bond motifs is 1. The topological polar surface area (TPSA) is 16.8 Å². The minimum absolute atomic E-state index is 0.850. The zero-order chi connectivity index (χ0) is 13.2. The largest absolute Gasteiger partial charge is 0.203 e. The summed E-state index contributed by atoms with van der Waals surface area (Å²) in [6.07, 6.45) is 2.91. The number of rotatable bonds is 2. The first kappa shape index (κ1) is 12.3. The van der Waals surface area contributed by atoms with Gasteiger partial charge in [0, 0.05) is 21.7 Å². The SMILES string of the molecule is C[n+]1cc2ccccc2c(Cc2ccc(Br)cc2)n1. The van der Waals surface area contributed by atoms with Crippen LogP contribution in [0.1, 0.15) is 11.3 Å². The average Bonchev–Trinajstić information content (AvgIpc) is 2.41. The second-order valence-electron chi connectivity index (χ2n) is 4.64. The Bertz CT molecular complexity index is 720.